The lowest BCUT2D eigenvalue weighted by Crippen LogP contribution is -2.58. The second kappa shape index (κ2) is 8.90. The Labute approximate surface area is 183 Å². The molecule has 1 saturated carbocycles. The molecule has 31 heavy (non-hydrogen) atoms. The van der Waals surface area contributed by atoms with E-state index in [1.165, 1.54) is 11.3 Å². The largest absolute Gasteiger partial charge is 0.466 e. The van der Waals surface area contributed by atoms with E-state index in [0.717, 1.165) is 25.7 Å². The summed E-state index contributed by atoms with van der Waals surface area (Å²) in [6.07, 6.45) is 7.69. The predicted molar refractivity (Wildman–Crippen MR) is 112 cm³/mol. The van der Waals surface area contributed by atoms with Crippen LogP contribution in [-0.2, 0) is 23.9 Å². The lowest BCUT2D eigenvalue weighted by Gasteiger charge is -2.40. The van der Waals surface area contributed by atoms with E-state index in [1.807, 2.05) is 4.90 Å². The third kappa shape index (κ3) is 3.48. The molecule has 0 aromatic carbocycles. The summed E-state index contributed by atoms with van der Waals surface area (Å²) in [5.41, 5.74) is -1.03. The van der Waals surface area contributed by atoms with E-state index in [9.17, 15) is 19.5 Å². The first kappa shape index (κ1) is 22.3. The summed E-state index contributed by atoms with van der Waals surface area (Å²) >= 11 is 0. The van der Waals surface area contributed by atoms with Crippen LogP contribution in [0.4, 0.5) is 0 Å². The van der Waals surface area contributed by atoms with Crippen LogP contribution in [0.5, 0.6) is 0 Å². The van der Waals surface area contributed by atoms with Gasteiger partial charge in [0.1, 0.15) is 11.6 Å². The van der Waals surface area contributed by atoms with Gasteiger partial charge in [0.15, 0.2) is 0 Å². The van der Waals surface area contributed by atoms with E-state index in [4.69, 9.17) is 9.47 Å². The molecule has 2 unspecified atom stereocenters. The van der Waals surface area contributed by atoms with Gasteiger partial charge < -0.3 is 24.4 Å². The summed E-state index contributed by atoms with van der Waals surface area (Å²) < 4.78 is 11.6. The van der Waals surface area contributed by atoms with Gasteiger partial charge in [-0.2, -0.15) is 0 Å². The van der Waals surface area contributed by atoms with Gasteiger partial charge in [0.05, 0.1) is 31.2 Å². The van der Waals surface area contributed by atoms with E-state index in [2.05, 4.69) is 6.58 Å². The number of aliphatic hydroxyl groups excluding tert-OH is 1. The zero-order chi connectivity index (χ0) is 22.2. The number of hydrogen-bond acceptors (Lipinski definition) is 6. The Morgan fingerprint density at radius 3 is 2.71 bits per heavy atom. The van der Waals surface area contributed by atoms with Crippen molar-refractivity contribution < 1.29 is 29.0 Å². The molecular formula is C23H34N2O6. The maximum Gasteiger partial charge on any atom is 0.312 e. The standard InChI is InChI=1S/C23H34N2O6/c1-3-12-24(15-8-6-5-7-9-15)21(28)19-23-11-10-16(31-23)17(22(29)30-4-2)18(23)20(27)25(19)13-14-26/h3,15-19,26H,1,4-14H2,2H3/t16-,17+,18-,19?,23?/m0/s1. The normalized spacial score (nSPS) is 34.6. The van der Waals surface area contributed by atoms with Crippen LogP contribution in [0.25, 0.3) is 0 Å². The monoisotopic (exact) mass is 434 g/mol. The average Bonchev–Trinajstić information content (AvgIpc) is 3.40. The first-order valence-electron chi connectivity index (χ1n) is 11.7. The Bertz CT molecular complexity index is 736. The minimum atomic E-state index is -1.03. The van der Waals surface area contributed by atoms with Crippen molar-refractivity contribution in [2.75, 3.05) is 26.3 Å². The number of ether oxygens (including phenoxy) is 2. The molecule has 3 aliphatic heterocycles. The van der Waals surface area contributed by atoms with Crippen molar-refractivity contribution in [1.82, 2.24) is 9.80 Å². The van der Waals surface area contributed by atoms with Crippen molar-refractivity contribution in [1.29, 1.82) is 0 Å². The topological polar surface area (TPSA) is 96.4 Å². The third-order valence-corrected chi connectivity index (χ3v) is 7.56. The molecule has 8 nitrogen and oxygen atoms in total. The van der Waals surface area contributed by atoms with Gasteiger partial charge in [0, 0.05) is 19.1 Å². The lowest BCUT2D eigenvalue weighted by atomic mass is 9.70. The van der Waals surface area contributed by atoms with Crippen molar-refractivity contribution in [3.63, 3.8) is 0 Å². The Balaban J connectivity index is 1.69. The molecule has 2 amide bonds. The molecule has 172 valence electrons. The van der Waals surface area contributed by atoms with Gasteiger partial charge in [-0.3, -0.25) is 14.4 Å². The van der Waals surface area contributed by atoms with Gasteiger partial charge in [0.2, 0.25) is 11.8 Å². The molecule has 8 heteroatoms. The minimum absolute atomic E-state index is 0.0453. The van der Waals surface area contributed by atoms with Crippen LogP contribution in [0.3, 0.4) is 0 Å². The van der Waals surface area contributed by atoms with Crippen LogP contribution in [-0.4, -0.2) is 82.8 Å². The number of carbonyl (C=O) groups excluding carboxylic acids is 3. The number of esters is 1. The number of nitrogens with zero attached hydrogens (tertiary/aromatic N) is 2. The fraction of sp³-hybridized carbons (Fsp3) is 0.783. The van der Waals surface area contributed by atoms with Gasteiger partial charge in [-0.15, -0.1) is 6.58 Å². The maximum atomic E-state index is 14.0. The number of hydrogen-bond donors (Lipinski definition) is 1. The Morgan fingerprint density at radius 2 is 2.06 bits per heavy atom. The molecule has 0 aromatic heterocycles. The first-order valence-corrected chi connectivity index (χ1v) is 11.7. The number of aliphatic hydroxyl groups is 1. The molecule has 0 aromatic rings. The second-order valence-corrected chi connectivity index (χ2v) is 9.13. The summed E-state index contributed by atoms with van der Waals surface area (Å²) in [6, 6.07) is -0.719. The van der Waals surface area contributed by atoms with E-state index in [1.54, 1.807) is 13.0 Å². The molecule has 0 radical (unpaired) electrons. The summed E-state index contributed by atoms with van der Waals surface area (Å²) in [5.74, 6) is -2.29. The quantitative estimate of drug-likeness (QED) is 0.456. The van der Waals surface area contributed by atoms with E-state index in [0.29, 0.717) is 19.4 Å². The molecule has 1 aliphatic carbocycles. The molecule has 3 saturated heterocycles. The molecule has 5 atom stereocenters. The highest BCUT2D eigenvalue weighted by molar-refractivity contribution is 5.98. The smallest absolute Gasteiger partial charge is 0.312 e. The van der Waals surface area contributed by atoms with Crippen LogP contribution in [0.1, 0.15) is 51.9 Å². The Kier molecular flexibility index (Phi) is 6.40. The summed E-state index contributed by atoms with van der Waals surface area (Å²) in [6.45, 7) is 6.00. The van der Waals surface area contributed by atoms with Gasteiger partial charge in [-0.05, 0) is 32.6 Å². The summed E-state index contributed by atoms with van der Waals surface area (Å²) in [7, 11) is 0. The van der Waals surface area contributed by atoms with Crippen LogP contribution < -0.4 is 0 Å². The van der Waals surface area contributed by atoms with E-state index >= 15 is 0 Å². The number of carbonyl (C=O) groups is 3. The molecular weight excluding hydrogens is 400 g/mol. The second-order valence-electron chi connectivity index (χ2n) is 9.13. The van der Waals surface area contributed by atoms with Crippen LogP contribution in [0, 0.1) is 11.8 Å². The van der Waals surface area contributed by atoms with Crippen molar-refractivity contribution in [3.05, 3.63) is 12.7 Å². The Morgan fingerprint density at radius 1 is 1.32 bits per heavy atom. The number of fused-ring (bicyclic) bond motifs is 1. The van der Waals surface area contributed by atoms with Crippen molar-refractivity contribution >= 4 is 17.8 Å². The molecule has 4 fully saturated rings. The summed E-state index contributed by atoms with van der Waals surface area (Å²) in [4.78, 5) is 43.5. The molecule has 4 rings (SSSR count). The van der Waals surface area contributed by atoms with Gasteiger partial charge in [-0.25, -0.2) is 0 Å². The fourth-order valence-electron chi connectivity index (χ4n) is 6.39. The minimum Gasteiger partial charge on any atom is -0.466 e. The van der Waals surface area contributed by atoms with Crippen LogP contribution in [0.2, 0.25) is 0 Å². The van der Waals surface area contributed by atoms with E-state index < -0.39 is 35.6 Å². The van der Waals surface area contributed by atoms with Crippen LogP contribution >= 0.6 is 0 Å². The number of β-amino-alcohol motifs (C(OH)–C–C–N with tert-alkyl or cyclic N) is 1. The first-order chi connectivity index (χ1) is 15.0. The number of rotatable bonds is 8. The lowest BCUT2D eigenvalue weighted by molar-refractivity contribution is -0.155. The predicted octanol–water partition coefficient (Wildman–Crippen LogP) is 1.26. The van der Waals surface area contributed by atoms with Crippen molar-refractivity contribution in [2.24, 2.45) is 11.8 Å². The molecule has 4 aliphatic rings. The van der Waals surface area contributed by atoms with Gasteiger partial charge in [-0.1, -0.05) is 25.3 Å². The highest BCUT2D eigenvalue weighted by Gasteiger charge is 2.75. The highest BCUT2D eigenvalue weighted by Crippen LogP contribution is 2.58. The molecule has 1 N–H and O–H groups in total. The molecule has 3 heterocycles. The van der Waals surface area contributed by atoms with Crippen molar-refractivity contribution in [2.45, 2.75) is 75.7 Å². The van der Waals surface area contributed by atoms with Crippen molar-refractivity contribution in [3.8, 4) is 0 Å². The van der Waals surface area contributed by atoms with Gasteiger partial charge in [0.25, 0.3) is 0 Å². The van der Waals surface area contributed by atoms with E-state index in [-0.39, 0.29) is 37.6 Å². The molecule has 2 bridgehead atoms. The number of likely N-dealkylation sites (tertiary alicyclic amines) is 1. The zero-order valence-electron chi connectivity index (χ0n) is 18.3. The van der Waals surface area contributed by atoms with Gasteiger partial charge >= 0.3 is 5.97 Å². The SMILES string of the molecule is C=CCN(C(=O)C1N(CCO)C(=O)[C@@H]2[C@H](C(=O)OCC)[C@@H]3CCC12O3)C1CCCCC1. The fourth-order valence-corrected chi connectivity index (χ4v) is 6.39. The Hall–Kier alpha value is -1.93. The van der Waals surface area contributed by atoms with Crippen LogP contribution in [0.15, 0.2) is 12.7 Å². The zero-order valence-corrected chi connectivity index (χ0v) is 18.3. The summed E-state index contributed by atoms with van der Waals surface area (Å²) in [5, 5.41) is 9.66. The maximum absolute atomic E-state index is 14.0. The number of amides is 2. The average molecular weight is 435 g/mol. The molecule has 1 spiro atoms. The highest BCUT2D eigenvalue weighted by atomic mass is 16.6. The third-order valence-electron chi connectivity index (χ3n) is 7.56.